The van der Waals surface area contributed by atoms with Crippen molar-refractivity contribution < 1.29 is 0 Å². The van der Waals surface area contributed by atoms with Crippen molar-refractivity contribution in [2.45, 2.75) is 0 Å². The van der Waals surface area contributed by atoms with Gasteiger partial charge in [0.15, 0.2) is 0 Å². The van der Waals surface area contributed by atoms with Crippen molar-refractivity contribution in [3.63, 3.8) is 0 Å². The zero-order valence-electron chi connectivity index (χ0n) is 25.3. The molecule has 3 aromatic heterocycles. The first-order valence-corrected chi connectivity index (χ1v) is 16.7. The second-order valence-electron chi connectivity index (χ2n) is 12.0. The zero-order valence-corrected chi connectivity index (χ0v) is 26.2. The van der Waals surface area contributed by atoms with Crippen LogP contribution in [-0.4, -0.2) is 14.1 Å². The van der Waals surface area contributed by atoms with Gasteiger partial charge in [0.1, 0.15) is 5.82 Å². The van der Waals surface area contributed by atoms with Gasteiger partial charge in [-0.25, -0.2) is 4.98 Å². The Morgan fingerprint density at radius 3 is 1.79 bits per heavy atom. The van der Waals surface area contributed by atoms with Gasteiger partial charge in [-0.2, -0.15) is 0 Å². The fourth-order valence-corrected chi connectivity index (χ4v) is 8.25. The maximum atomic E-state index is 5.12. The van der Waals surface area contributed by atoms with Gasteiger partial charge in [0.2, 0.25) is 0 Å². The summed E-state index contributed by atoms with van der Waals surface area (Å²) >= 11 is 1.86. The molecule has 0 N–H and O–H groups in total. The second-order valence-corrected chi connectivity index (χ2v) is 13.1. The molecule has 0 amide bonds. The summed E-state index contributed by atoms with van der Waals surface area (Å²) in [6, 6.07) is 58.9. The molecule has 0 aliphatic rings. The standard InChI is InChI=1S/C43H27N3S/c1-2-13-31(14-3-1)46-40-20-9-6-17-37(40)44-43(46)30-12-10-11-28(25-30)29-21-23-41-35(26-29)36-27-32(22-24-42(36)47-41)45-38-18-7-4-15-33(38)34-16-5-8-19-39(34)45/h1-27H. The Balaban J connectivity index is 1.13. The zero-order chi connectivity index (χ0) is 30.9. The van der Waals surface area contributed by atoms with Crippen molar-refractivity contribution in [3.8, 4) is 33.9 Å². The summed E-state index contributed by atoms with van der Waals surface area (Å²) in [5.74, 6) is 0.942. The van der Waals surface area contributed by atoms with E-state index in [4.69, 9.17) is 4.98 Å². The van der Waals surface area contributed by atoms with Crippen LogP contribution in [0.4, 0.5) is 0 Å². The lowest BCUT2D eigenvalue weighted by atomic mass is 10.0. The minimum Gasteiger partial charge on any atom is -0.309 e. The molecule has 47 heavy (non-hydrogen) atoms. The number of benzene rings is 7. The van der Waals surface area contributed by atoms with Gasteiger partial charge in [-0.3, -0.25) is 4.57 Å². The lowest BCUT2D eigenvalue weighted by Crippen LogP contribution is -1.97. The highest BCUT2D eigenvalue weighted by atomic mass is 32.1. The number of imidazole rings is 1. The van der Waals surface area contributed by atoms with Gasteiger partial charge >= 0.3 is 0 Å². The van der Waals surface area contributed by atoms with Gasteiger partial charge in [-0.05, 0) is 83.9 Å². The summed E-state index contributed by atoms with van der Waals surface area (Å²) in [5.41, 5.74) is 10.3. The molecule has 220 valence electrons. The van der Waals surface area contributed by atoms with E-state index in [1.807, 2.05) is 11.3 Å². The number of nitrogens with zero attached hydrogens (tertiary/aromatic N) is 3. The third-order valence-corrected chi connectivity index (χ3v) is 10.5. The first-order valence-electron chi connectivity index (χ1n) is 15.9. The van der Waals surface area contributed by atoms with Crippen LogP contribution in [0.25, 0.3) is 86.9 Å². The molecular weight excluding hydrogens is 591 g/mol. The summed E-state index contributed by atoms with van der Waals surface area (Å²) in [7, 11) is 0. The van der Waals surface area contributed by atoms with E-state index in [9.17, 15) is 0 Å². The van der Waals surface area contributed by atoms with E-state index in [0.29, 0.717) is 0 Å². The highest BCUT2D eigenvalue weighted by Crippen LogP contribution is 2.40. The topological polar surface area (TPSA) is 22.8 Å². The van der Waals surface area contributed by atoms with Crippen LogP contribution in [0.2, 0.25) is 0 Å². The summed E-state index contributed by atoms with van der Waals surface area (Å²) in [4.78, 5) is 5.12. The summed E-state index contributed by atoms with van der Waals surface area (Å²) < 4.78 is 7.26. The smallest absolute Gasteiger partial charge is 0.145 e. The van der Waals surface area contributed by atoms with Crippen LogP contribution in [0.1, 0.15) is 0 Å². The average Bonchev–Trinajstić information content (AvgIpc) is 3.81. The molecule has 0 bridgehead atoms. The minimum atomic E-state index is 0.942. The number of thiophene rings is 1. The Morgan fingerprint density at radius 2 is 1.00 bits per heavy atom. The molecule has 3 nitrogen and oxygen atoms in total. The Kier molecular flexibility index (Phi) is 5.74. The monoisotopic (exact) mass is 617 g/mol. The van der Waals surface area contributed by atoms with E-state index < -0.39 is 0 Å². The Bertz CT molecular complexity index is 2750. The van der Waals surface area contributed by atoms with Gasteiger partial charge in [0, 0.05) is 47.9 Å². The van der Waals surface area contributed by atoms with Crippen LogP contribution >= 0.6 is 11.3 Å². The molecule has 3 heterocycles. The van der Waals surface area contributed by atoms with E-state index in [1.165, 1.54) is 58.8 Å². The number of para-hydroxylation sites is 5. The Hall–Kier alpha value is -5.97. The second kappa shape index (κ2) is 10.3. The van der Waals surface area contributed by atoms with Gasteiger partial charge in [0.25, 0.3) is 0 Å². The predicted octanol–water partition coefficient (Wildman–Crippen LogP) is 11.8. The van der Waals surface area contributed by atoms with Gasteiger partial charge < -0.3 is 4.57 Å². The van der Waals surface area contributed by atoms with E-state index in [2.05, 4.69) is 173 Å². The molecule has 0 fully saturated rings. The molecule has 4 heteroatoms. The first kappa shape index (κ1) is 26.3. The van der Waals surface area contributed by atoms with E-state index in [-0.39, 0.29) is 0 Å². The van der Waals surface area contributed by atoms with Crippen molar-refractivity contribution in [2.24, 2.45) is 0 Å². The predicted molar refractivity (Wildman–Crippen MR) is 199 cm³/mol. The average molecular weight is 618 g/mol. The van der Waals surface area contributed by atoms with Crippen LogP contribution in [-0.2, 0) is 0 Å². The molecule has 0 spiro atoms. The number of rotatable bonds is 4. The van der Waals surface area contributed by atoms with Crippen molar-refractivity contribution in [1.82, 2.24) is 14.1 Å². The van der Waals surface area contributed by atoms with Crippen LogP contribution in [0, 0.1) is 0 Å². The summed E-state index contributed by atoms with van der Waals surface area (Å²) in [6.07, 6.45) is 0. The van der Waals surface area contributed by atoms with Crippen LogP contribution < -0.4 is 0 Å². The molecule has 0 atom stereocenters. The van der Waals surface area contributed by atoms with Crippen molar-refractivity contribution in [2.75, 3.05) is 0 Å². The number of fused-ring (bicyclic) bond motifs is 7. The Morgan fingerprint density at radius 1 is 0.383 bits per heavy atom. The molecule has 7 aromatic carbocycles. The molecule has 0 aliphatic heterocycles. The van der Waals surface area contributed by atoms with Crippen molar-refractivity contribution in [3.05, 3.63) is 164 Å². The highest BCUT2D eigenvalue weighted by molar-refractivity contribution is 7.25. The third kappa shape index (κ3) is 4.09. The van der Waals surface area contributed by atoms with Gasteiger partial charge in [0.05, 0.1) is 22.1 Å². The number of hydrogen-bond donors (Lipinski definition) is 0. The minimum absolute atomic E-state index is 0.942. The van der Waals surface area contributed by atoms with E-state index >= 15 is 0 Å². The lowest BCUT2D eigenvalue weighted by molar-refractivity contribution is 1.10. The SMILES string of the molecule is c1ccc(-n2c(-c3cccc(-c4ccc5sc6ccc(-n7c8ccccc8c8ccccc87)cc6c5c4)c3)nc3ccccc32)cc1. The maximum absolute atomic E-state index is 5.12. The number of hydrogen-bond acceptors (Lipinski definition) is 2. The first-order chi connectivity index (χ1) is 23.3. The molecule has 0 saturated carbocycles. The lowest BCUT2D eigenvalue weighted by Gasteiger charge is -2.11. The summed E-state index contributed by atoms with van der Waals surface area (Å²) in [5, 5.41) is 5.13. The quantitative estimate of drug-likeness (QED) is 0.193. The number of aromatic nitrogens is 3. The van der Waals surface area contributed by atoms with E-state index in [1.54, 1.807) is 0 Å². The van der Waals surface area contributed by atoms with Gasteiger partial charge in [-0.1, -0.05) is 91.0 Å². The molecule has 0 aliphatic carbocycles. The largest absolute Gasteiger partial charge is 0.309 e. The summed E-state index contributed by atoms with van der Waals surface area (Å²) in [6.45, 7) is 0. The fourth-order valence-electron chi connectivity index (χ4n) is 7.18. The molecular formula is C43H27N3S. The van der Waals surface area contributed by atoms with Crippen molar-refractivity contribution in [1.29, 1.82) is 0 Å². The van der Waals surface area contributed by atoms with Gasteiger partial charge in [-0.15, -0.1) is 11.3 Å². The van der Waals surface area contributed by atoms with Crippen molar-refractivity contribution >= 4 is 64.3 Å². The molecule has 10 aromatic rings. The Labute approximate surface area is 275 Å². The molecule has 10 rings (SSSR count). The highest BCUT2D eigenvalue weighted by Gasteiger charge is 2.16. The molecule has 0 unspecified atom stereocenters. The normalized spacial score (nSPS) is 11.8. The van der Waals surface area contributed by atoms with Crippen LogP contribution in [0.5, 0.6) is 0 Å². The maximum Gasteiger partial charge on any atom is 0.145 e. The fraction of sp³-hybridized carbons (Fsp3) is 0. The van der Waals surface area contributed by atoms with Crippen LogP contribution in [0.15, 0.2) is 164 Å². The molecule has 0 saturated heterocycles. The van der Waals surface area contributed by atoms with E-state index in [0.717, 1.165) is 28.1 Å². The molecule has 0 radical (unpaired) electrons. The third-order valence-electron chi connectivity index (χ3n) is 9.32. The van der Waals surface area contributed by atoms with Crippen LogP contribution in [0.3, 0.4) is 0 Å².